The summed E-state index contributed by atoms with van der Waals surface area (Å²) in [6, 6.07) is 8.54. The maximum Gasteiger partial charge on any atom is 0.488 e. The van der Waals surface area contributed by atoms with Crippen molar-refractivity contribution in [2.24, 2.45) is 0 Å². The number of alkyl halides is 4. The highest BCUT2D eigenvalue weighted by Gasteiger charge is 2.15. The van der Waals surface area contributed by atoms with Crippen LogP contribution in [0.15, 0.2) is 65.4 Å². The van der Waals surface area contributed by atoms with E-state index in [1.54, 1.807) is 0 Å². The number of benzene rings is 2. The minimum absolute atomic E-state index is 0. The molecular weight excluding hydrogens is 663 g/mol. The largest absolute Gasteiger partial charge is 0.488 e. The van der Waals surface area contributed by atoms with E-state index >= 15 is 0 Å². The first-order valence-corrected chi connectivity index (χ1v) is 11.8. The number of nitrogen functional groups attached to an aromatic ring is 2. The summed E-state index contributed by atoms with van der Waals surface area (Å²) in [4.78, 5) is 6.58. The maximum absolute atomic E-state index is 13.4. The zero-order chi connectivity index (χ0) is 31.6. The fourth-order valence-corrected chi connectivity index (χ4v) is 3.21. The minimum Gasteiger partial charge on any atom is -0.432 e. The van der Waals surface area contributed by atoms with Crippen LogP contribution in [-0.2, 0) is 0 Å². The Morgan fingerprint density at radius 3 is 1.67 bits per heavy atom. The Morgan fingerprint density at radius 2 is 1.21 bits per heavy atom. The first-order chi connectivity index (χ1) is 19.7. The van der Waals surface area contributed by atoms with Gasteiger partial charge in [-0.25, -0.2) is 18.7 Å². The van der Waals surface area contributed by atoms with Gasteiger partial charge in [-0.3, -0.25) is 0 Å². The Hall–Kier alpha value is -4.16. The number of hydrogen-bond donors (Lipinski definition) is 4. The van der Waals surface area contributed by atoms with E-state index in [1.807, 2.05) is 0 Å². The molecule has 0 aliphatic heterocycles. The molecule has 0 saturated heterocycles. The van der Waals surface area contributed by atoms with Gasteiger partial charge in [0.2, 0.25) is 11.9 Å². The molecule has 8 nitrogen and oxygen atoms in total. The molecule has 0 bridgehead atoms. The van der Waals surface area contributed by atoms with E-state index in [0.717, 1.165) is 36.4 Å². The van der Waals surface area contributed by atoms with Crippen LogP contribution in [0.2, 0.25) is 0 Å². The van der Waals surface area contributed by atoms with Crippen LogP contribution < -0.4 is 26.4 Å². The molecule has 4 aromatic rings. The molecule has 2 aromatic heterocycles. The average molecular weight is 685 g/mol. The molecule has 43 heavy (non-hydrogen) atoms. The fourth-order valence-electron chi connectivity index (χ4n) is 2.88. The quantitative estimate of drug-likeness (QED) is 0.0903. The molecule has 0 amide bonds. The molecule has 4 rings (SSSR count). The first kappa shape index (κ1) is 36.9. The van der Waals surface area contributed by atoms with Gasteiger partial charge in [-0.15, -0.1) is 0 Å². The van der Waals surface area contributed by atoms with Crippen LogP contribution in [0.5, 0.6) is 11.5 Å². The third-order valence-corrected chi connectivity index (χ3v) is 5.36. The highest BCUT2D eigenvalue weighted by molar-refractivity contribution is 9.10. The van der Waals surface area contributed by atoms with Crippen LogP contribution in [0.3, 0.4) is 0 Å². The van der Waals surface area contributed by atoms with Crippen molar-refractivity contribution in [3.05, 3.63) is 88.9 Å². The van der Waals surface area contributed by atoms with E-state index in [-0.39, 0.29) is 35.4 Å². The van der Waals surface area contributed by atoms with Crippen molar-refractivity contribution in [2.75, 3.05) is 11.5 Å². The van der Waals surface area contributed by atoms with Crippen LogP contribution in [0, 0.1) is 23.5 Å². The summed E-state index contributed by atoms with van der Waals surface area (Å²) < 4.78 is 107. The molecule has 0 radical (unpaired) electrons. The number of aromatic nitrogens is 2. The van der Waals surface area contributed by atoms with Crippen molar-refractivity contribution in [1.82, 2.24) is 9.97 Å². The number of nitrogens with zero attached hydrogens (tertiary/aromatic N) is 2. The monoisotopic (exact) mass is 684 g/mol. The number of pyridine rings is 2. The van der Waals surface area contributed by atoms with Crippen LogP contribution in [0.4, 0.5) is 46.5 Å². The number of halogens is 9. The third-order valence-electron chi connectivity index (χ3n) is 4.67. The Balaban J connectivity index is 0.000000337. The summed E-state index contributed by atoms with van der Waals surface area (Å²) in [6.45, 7) is -6.22. The summed E-state index contributed by atoms with van der Waals surface area (Å²) in [5.74, 6) is -4.60. The number of hydrogen-bond acceptors (Lipinski definition) is 8. The Labute approximate surface area is 248 Å². The van der Waals surface area contributed by atoms with E-state index in [4.69, 9.17) is 21.5 Å². The van der Waals surface area contributed by atoms with Crippen molar-refractivity contribution in [3.63, 3.8) is 0 Å². The van der Waals surface area contributed by atoms with Crippen molar-refractivity contribution in [3.8, 4) is 22.6 Å². The number of nitrogens with two attached hydrogens (primary N) is 2. The fraction of sp³-hybridized carbons (Fsp3) is 0.120. The zero-order valence-electron chi connectivity index (χ0n) is 20.7. The van der Waals surface area contributed by atoms with Gasteiger partial charge in [-0.05, 0) is 57.3 Å². The van der Waals surface area contributed by atoms with Crippen molar-refractivity contribution >= 4 is 39.9 Å². The molecular formula is C25H22BBrF8N4O4. The summed E-state index contributed by atoms with van der Waals surface area (Å²) in [6.07, 6.45) is 2.35. The second-order valence-electron chi connectivity index (χ2n) is 7.58. The summed E-state index contributed by atoms with van der Waals surface area (Å²) >= 11 is 2.95. The molecule has 6 N–H and O–H groups in total. The van der Waals surface area contributed by atoms with Crippen LogP contribution >= 0.6 is 15.9 Å². The number of anilines is 2. The molecule has 0 spiro atoms. The van der Waals surface area contributed by atoms with Gasteiger partial charge in [0.1, 0.15) is 0 Å². The van der Waals surface area contributed by atoms with Gasteiger partial charge in [0.25, 0.3) is 0 Å². The van der Waals surface area contributed by atoms with E-state index in [1.165, 1.54) is 24.5 Å². The topological polar surface area (TPSA) is 137 Å². The lowest BCUT2D eigenvalue weighted by molar-refractivity contribution is -0.0528. The van der Waals surface area contributed by atoms with Gasteiger partial charge in [0.05, 0.1) is 0 Å². The van der Waals surface area contributed by atoms with E-state index in [9.17, 15) is 35.1 Å². The summed E-state index contributed by atoms with van der Waals surface area (Å²) in [7, 11) is -1.63. The normalized spacial score (nSPS) is 10.2. The molecule has 0 atom stereocenters. The number of rotatable bonds is 6. The highest BCUT2D eigenvalue weighted by Crippen LogP contribution is 2.33. The molecule has 0 aliphatic rings. The lowest BCUT2D eigenvalue weighted by Gasteiger charge is -2.11. The smallest absolute Gasteiger partial charge is 0.432 e. The van der Waals surface area contributed by atoms with Gasteiger partial charge in [-0.1, -0.05) is 7.43 Å². The van der Waals surface area contributed by atoms with E-state index < -0.39 is 55.4 Å². The van der Waals surface area contributed by atoms with Crippen molar-refractivity contribution in [2.45, 2.75) is 20.6 Å². The lowest BCUT2D eigenvalue weighted by atomic mass is 9.81. The third kappa shape index (κ3) is 11.9. The first-order valence-electron chi connectivity index (χ1n) is 11.0. The Bertz CT molecular complexity index is 1490. The Morgan fingerprint density at radius 1 is 0.721 bits per heavy atom. The summed E-state index contributed by atoms with van der Waals surface area (Å²) in [5, 5.41) is 17.0. The van der Waals surface area contributed by atoms with Gasteiger partial charge in [0, 0.05) is 52.0 Å². The number of ether oxygens (including phenoxy) is 2. The van der Waals surface area contributed by atoms with Gasteiger partial charge in [0.15, 0.2) is 23.1 Å². The zero-order valence-corrected chi connectivity index (χ0v) is 22.3. The minimum atomic E-state index is -3.17. The standard InChI is InChI=1S/C12H8F4N2O.C7H5BrF3NO.C5H5BFNO2.CH4/c13-8-5-9(17)7(4-10(8)19-12(15)16)6-1-2-18-11(14)3-6;8-3-1-6(13-7(10)11)4(9)2-5(3)12;7-5-3-4(6(9)10)1-2-8-5;/h1-5,12H,17H2;1-2,7H,12H2;1-3,9-10H;1H4. The molecule has 2 aromatic carbocycles. The SMILES string of the molecule is C.Nc1cc(F)c(OC(F)F)cc1-c1ccnc(F)c1.Nc1cc(F)c(OC(F)F)cc1Br.OB(O)c1ccnc(F)c1. The van der Waals surface area contributed by atoms with E-state index in [0.29, 0.717) is 4.47 Å². The van der Waals surface area contributed by atoms with Crippen LogP contribution in [-0.4, -0.2) is 40.4 Å². The van der Waals surface area contributed by atoms with Crippen molar-refractivity contribution < 1.29 is 54.6 Å². The molecule has 2 heterocycles. The van der Waals surface area contributed by atoms with Gasteiger partial charge < -0.3 is 31.0 Å². The van der Waals surface area contributed by atoms with Gasteiger partial charge >= 0.3 is 20.3 Å². The molecule has 18 heteroatoms. The molecule has 0 saturated carbocycles. The van der Waals surface area contributed by atoms with Gasteiger partial charge in [-0.2, -0.15) is 26.3 Å². The highest BCUT2D eigenvalue weighted by atomic mass is 79.9. The van der Waals surface area contributed by atoms with E-state index in [2.05, 4.69) is 35.4 Å². The second-order valence-corrected chi connectivity index (χ2v) is 8.44. The average Bonchev–Trinajstić information content (AvgIpc) is 2.89. The maximum atomic E-state index is 13.4. The molecule has 0 fully saturated rings. The predicted octanol–water partition coefficient (Wildman–Crippen LogP) is 5.52. The molecule has 0 unspecified atom stereocenters. The van der Waals surface area contributed by atoms with Crippen molar-refractivity contribution in [1.29, 1.82) is 0 Å². The molecule has 232 valence electrons. The second kappa shape index (κ2) is 17.1. The van der Waals surface area contributed by atoms with Crippen LogP contribution in [0.1, 0.15) is 7.43 Å². The molecule has 0 aliphatic carbocycles. The predicted molar refractivity (Wildman–Crippen MR) is 147 cm³/mol. The Kier molecular flexibility index (Phi) is 14.6. The summed E-state index contributed by atoms with van der Waals surface area (Å²) in [5.41, 5.74) is 11.5. The lowest BCUT2D eigenvalue weighted by Crippen LogP contribution is -2.30. The van der Waals surface area contributed by atoms with Crippen LogP contribution in [0.25, 0.3) is 11.1 Å².